The molecule has 1 aliphatic carbocycles. The molecule has 0 aromatic heterocycles. The molecular weight excluding hydrogens is 138 g/mol. The lowest BCUT2D eigenvalue weighted by Crippen LogP contribution is -2.41. The number of ketones is 1. The van der Waals surface area contributed by atoms with Gasteiger partial charge >= 0.3 is 0 Å². The van der Waals surface area contributed by atoms with Gasteiger partial charge in [-0.2, -0.15) is 0 Å². The largest absolute Gasteiger partial charge is 0.304 e. The molecule has 1 aliphatic heterocycles. The summed E-state index contributed by atoms with van der Waals surface area (Å²) in [6.45, 7) is 0.625. The standard InChI is InChI=1S/C9H15NO/c11-8-6-9(10-7-8)4-2-1-3-5-9/h10H,1-7H2. The van der Waals surface area contributed by atoms with Crippen molar-refractivity contribution in [1.82, 2.24) is 5.32 Å². The monoisotopic (exact) mass is 153 g/mol. The third-order valence-electron chi connectivity index (χ3n) is 3.01. The molecule has 0 unspecified atom stereocenters. The van der Waals surface area contributed by atoms with E-state index in [2.05, 4.69) is 5.32 Å². The first-order valence-corrected chi connectivity index (χ1v) is 4.58. The summed E-state index contributed by atoms with van der Waals surface area (Å²) in [5.74, 6) is 0.409. The smallest absolute Gasteiger partial charge is 0.148 e. The molecule has 2 fully saturated rings. The van der Waals surface area contributed by atoms with Gasteiger partial charge in [-0.15, -0.1) is 0 Å². The average molecular weight is 153 g/mol. The van der Waals surface area contributed by atoms with Gasteiger partial charge in [-0.05, 0) is 12.8 Å². The molecule has 2 nitrogen and oxygen atoms in total. The Balaban J connectivity index is 2.03. The summed E-state index contributed by atoms with van der Waals surface area (Å²) in [5.41, 5.74) is 0.245. The van der Waals surface area contributed by atoms with E-state index in [0.29, 0.717) is 12.3 Å². The van der Waals surface area contributed by atoms with Gasteiger partial charge in [-0.25, -0.2) is 0 Å². The Morgan fingerprint density at radius 1 is 1.18 bits per heavy atom. The SMILES string of the molecule is O=C1CNC2(CCCCC2)C1. The maximum atomic E-state index is 11.1. The van der Waals surface area contributed by atoms with Gasteiger partial charge in [-0.3, -0.25) is 4.79 Å². The zero-order valence-electron chi connectivity index (χ0n) is 6.86. The second-order valence-corrected chi connectivity index (χ2v) is 3.91. The van der Waals surface area contributed by atoms with Crippen molar-refractivity contribution in [1.29, 1.82) is 0 Å². The van der Waals surface area contributed by atoms with Crippen LogP contribution in [-0.4, -0.2) is 17.9 Å². The first-order chi connectivity index (χ1) is 5.31. The zero-order valence-corrected chi connectivity index (χ0v) is 6.86. The summed E-state index contributed by atoms with van der Waals surface area (Å²) in [6.07, 6.45) is 7.21. The van der Waals surface area contributed by atoms with Crippen LogP contribution in [0.2, 0.25) is 0 Å². The van der Waals surface area contributed by atoms with E-state index < -0.39 is 0 Å². The van der Waals surface area contributed by atoms with Crippen LogP contribution in [0.25, 0.3) is 0 Å². The van der Waals surface area contributed by atoms with Gasteiger partial charge in [0.05, 0.1) is 6.54 Å². The van der Waals surface area contributed by atoms with Gasteiger partial charge in [0.2, 0.25) is 0 Å². The highest BCUT2D eigenvalue weighted by atomic mass is 16.1. The van der Waals surface area contributed by atoms with Crippen LogP contribution in [0.5, 0.6) is 0 Å². The maximum absolute atomic E-state index is 11.1. The molecule has 0 radical (unpaired) electrons. The van der Waals surface area contributed by atoms with Gasteiger partial charge in [0.25, 0.3) is 0 Å². The maximum Gasteiger partial charge on any atom is 0.148 e. The van der Waals surface area contributed by atoms with E-state index in [9.17, 15) is 4.79 Å². The van der Waals surface area contributed by atoms with E-state index in [1.807, 2.05) is 0 Å². The molecule has 1 heterocycles. The van der Waals surface area contributed by atoms with Crippen molar-refractivity contribution in [3.05, 3.63) is 0 Å². The van der Waals surface area contributed by atoms with Gasteiger partial charge in [-0.1, -0.05) is 19.3 Å². The van der Waals surface area contributed by atoms with Gasteiger partial charge in [0.15, 0.2) is 0 Å². The Morgan fingerprint density at radius 3 is 2.45 bits per heavy atom. The second kappa shape index (κ2) is 2.59. The Kier molecular flexibility index (Phi) is 1.72. The molecule has 2 aliphatic rings. The number of rotatable bonds is 0. The summed E-state index contributed by atoms with van der Waals surface area (Å²) in [7, 11) is 0. The predicted molar refractivity (Wildman–Crippen MR) is 43.4 cm³/mol. The van der Waals surface area contributed by atoms with Crippen LogP contribution < -0.4 is 5.32 Å². The van der Waals surface area contributed by atoms with Crippen LogP contribution in [-0.2, 0) is 4.79 Å². The Morgan fingerprint density at radius 2 is 1.91 bits per heavy atom. The lowest BCUT2D eigenvalue weighted by atomic mass is 9.81. The predicted octanol–water partition coefficient (Wildman–Crippen LogP) is 1.25. The Bertz CT molecular complexity index is 170. The van der Waals surface area contributed by atoms with Crippen molar-refractivity contribution >= 4 is 5.78 Å². The molecule has 0 aromatic rings. The van der Waals surface area contributed by atoms with Crippen LogP contribution in [0, 0.1) is 0 Å². The molecule has 62 valence electrons. The lowest BCUT2D eigenvalue weighted by Gasteiger charge is -2.32. The zero-order chi connectivity index (χ0) is 7.73. The summed E-state index contributed by atoms with van der Waals surface area (Å²) in [4.78, 5) is 11.1. The highest BCUT2D eigenvalue weighted by Crippen LogP contribution is 2.33. The summed E-state index contributed by atoms with van der Waals surface area (Å²) < 4.78 is 0. The topological polar surface area (TPSA) is 29.1 Å². The highest BCUT2D eigenvalue weighted by molar-refractivity contribution is 5.84. The quantitative estimate of drug-likeness (QED) is 0.567. The minimum atomic E-state index is 0.245. The first kappa shape index (κ1) is 7.29. The third-order valence-corrected chi connectivity index (χ3v) is 3.01. The Hall–Kier alpha value is -0.370. The van der Waals surface area contributed by atoms with Crippen molar-refractivity contribution < 1.29 is 4.79 Å². The van der Waals surface area contributed by atoms with E-state index in [0.717, 1.165) is 6.42 Å². The van der Waals surface area contributed by atoms with Crippen LogP contribution in [0.1, 0.15) is 38.5 Å². The second-order valence-electron chi connectivity index (χ2n) is 3.91. The summed E-state index contributed by atoms with van der Waals surface area (Å²) >= 11 is 0. The highest BCUT2D eigenvalue weighted by Gasteiger charge is 2.38. The molecule has 0 aromatic carbocycles. The van der Waals surface area contributed by atoms with E-state index in [-0.39, 0.29) is 5.54 Å². The van der Waals surface area contributed by atoms with Crippen molar-refractivity contribution in [3.63, 3.8) is 0 Å². The number of hydrogen-bond donors (Lipinski definition) is 1. The molecule has 2 rings (SSSR count). The average Bonchev–Trinajstić information content (AvgIpc) is 2.34. The van der Waals surface area contributed by atoms with Crippen molar-refractivity contribution in [2.24, 2.45) is 0 Å². The Labute approximate surface area is 67.4 Å². The molecule has 2 heteroatoms. The first-order valence-electron chi connectivity index (χ1n) is 4.58. The minimum absolute atomic E-state index is 0.245. The molecule has 1 spiro atoms. The lowest BCUT2D eigenvalue weighted by molar-refractivity contribution is -0.116. The van der Waals surface area contributed by atoms with Gasteiger partial charge in [0, 0.05) is 12.0 Å². The van der Waals surface area contributed by atoms with Gasteiger partial charge < -0.3 is 5.32 Å². The van der Waals surface area contributed by atoms with Crippen LogP contribution in [0.4, 0.5) is 0 Å². The number of carbonyl (C=O) groups is 1. The molecule has 1 saturated heterocycles. The molecule has 1 N–H and O–H groups in total. The van der Waals surface area contributed by atoms with Crippen LogP contribution in [0.15, 0.2) is 0 Å². The minimum Gasteiger partial charge on any atom is -0.304 e. The van der Waals surface area contributed by atoms with E-state index in [1.54, 1.807) is 0 Å². The van der Waals surface area contributed by atoms with Crippen molar-refractivity contribution in [2.75, 3.05) is 6.54 Å². The molecule has 0 atom stereocenters. The summed E-state index contributed by atoms with van der Waals surface area (Å²) in [6, 6.07) is 0. The van der Waals surface area contributed by atoms with Crippen LogP contribution >= 0.6 is 0 Å². The van der Waals surface area contributed by atoms with Crippen LogP contribution in [0.3, 0.4) is 0 Å². The number of Topliss-reactive ketones (excluding diaryl/α,β-unsaturated/α-hetero) is 1. The molecule has 0 bridgehead atoms. The van der Waals surface area contributed by atoms with Crippen molar-refractivity contribution in [2.45, 2.75) is 44.1 Å². The number of hydrogen-bond acceptors (Lipinski definition) is 2. The van der Waals surface area contributed by atoms with Crippen molar-refractivity contribution in [3.8, 4) is 0 Å². The molecular formula is C9H15NO. The normalized spacial score (nSPS) is 29.6. The third kappa shape index (κ3) is 1.32. The fourth-order valence-corrected chi connectivity index (χ4v) is 2.37. The fourth-order valence-electron chi connectivity index (χ4n) is 2.37. The number of carbonyl (C=O) groups excluding carboxylic acids is 1. The van der Waals surface area contributed by atoms with E-state index in [1.165, 1.54) is 32.1 Å². The van der Waals surface area contributed by atoms with E-state index >= 15 is 0 Å². The molecule has 0 amide bonds. The fraction of sp³-hybridized carbons (Fsp3) is 0.889. The van der Waals surface area contributed by atoms with E-state index in [4.69, 9.17) is 0 Å². The number of nitrogens with one attached hydrogen (secondary N) is 1. The summed E-state index contributed by atoms with van der Waals surface area (Å²) in [5, 5.41) is 3.37. The molecule has 1 saturated carbocycles. The van der Waals surface area contributed by atoms with Gasteiger partial charge in [0.1, 0.15) is 5.78 Å². The molecule has 11 heavy (non-hydrogen) atoms.